The lowest BCUT2D eigenvalue weighted by Crippen LogP contribution is -2.26. The van der Waals surface area contributed by atoms with E-state index >= 15 is 0 Å². The highest BCUT2D eigenvalue weighted by molar-refractivity contribution is 6.07. The predicted molar refractivity (Wildman–Crippen MR) is 144 cm³/mol. The van der Waals surface area contributed by atoms with E-state index in [1.807, 2.05) is 0 Å². The summed E-state index contributed by atoms with van der Waals surface area (Å²) in [5.74, 6) is 0.634. The minimum absolute atomic E-state index is 0.471. The van der Waals surface area contributed by atoms with Gasteiger partial charge in [-0.15, -0.1) is 0 Å². The van der Waals surface area contributed by atoms with Gasteiger partial charge < -0.3 is 0 Å². The summed E-state index contributed by atoms with van der Waals surface area (Å²) < 4.78 is 0. The lowest BCUT2D eigenvalue weighted by atomic mass is 9.68. The van der Waals surface area contributed by atoms with Crippen molar-refractivity contribution >= 4 is 11.1 Å². The minimum atomic E-state index is -0.471. The van der Waals surface area contributed by atoms with Crippen molar-refractivity contribution in [1.82, 2.24) is 0 Å². The second kappa shape index (κ2) is 9.69. The topological polar surface area (TPSA) is 0 Å². The molecule has 0 amide bonds. The number of benzene rings is 4. The summed E-state index contributed by atoms with van der Waals surface area (Å²) in [5.41, 5.74) is 8.55. The molecule has 167 valence electrons. The van der Waals surface area contributed by atoms with Crippen LogP contribution in [0.25, 0.3) is 11.1 Å². The molecule has 0 nitrogen and oxygen atoms in total. The van der Waals surface area contributed by atoms with E-state index in [1.54, 1.807) is 0 Å². The van der Waals surface area contributed by atoms with E-state index in [0.29, 0.717) is 5.92 Å². The van der Waals surface area contributed by atoms with Gasteiger partial charge in [-0.2, -0.15) is 0 Å². The molecule has 1 aliphatic carbocycles. The van der Waals surface area contributed by atoms with E-state index in [4.69, 9.17) is 0 Å². The van der Waals surface area contributed by atoms with E-state index < -0.39 is 5.41 Å². The molecule has 34 heavy (non-hydrogen) atoms. The van der Waals surface area contributed by atoms with Crippen LogP contribution >= 0.6 is 0 Å². The minimum Gasteiger partial charge on any atom is -0.0628 e. The molecule has 0 saturated heterocycles. The van der Waals surface area contributed by atoms with Crippen molar-refractivity contribution in [3.63, 3.8) is 0 Å². The first-order valence-electron chi connectivity index (χ1n) is 12.3. The number of allylic oxidation sites excluding steroid dienone is 4. The van der Waals surface area contributed by atoms with E-state index in [-0.39, 0.29) is 0 Å². The Kier molecular flexibility index (Phi) is 6.32. The standard InChI is InChI=1S/C34H31/c1-26(2)23-24-29-25-34(30-19-11-5-12-20-30,31-21-13-6-14-22-31)33(28-17-9-4-10-18-28)32(29)27-15-7-3-8-16-27/h3-22,26H,23-24H2,1-2H3. The molecule has 0 heterocycles. The Bertz CT molecular complexity index is 1240. The fourth-order valence-corrected chi connectivity index (χ4v) is 5.18. The van der Waals surface area contributed by atoms with E-state index in [9.17, 15) is 0 Å². The van der Waals surface area contributed by atoms with Crippen LogP contribution in [0.2, 0.25) is 0 Å². The summed E-state index contributed by atoms with van der Waals surface area (Å²) in [6.07, 6.45) is 6.28. The molecule has 0 atom stereocenters. The molecule has 0 spiro atoms. The summed E-state index contributed by atoms with van der Waals surface area (Å²) in [7, 11) is 0. The molecule has 5 rings (SSSR count). The van der Waals surface area contributed by atoms with Gasteiger partial charge in [-0.1, -0.05) is 135 Å². The summed E-state index contributed by atoms with van der Waals surface area (Å²) in [6, 6.07) is 43.7. The van der Waals surface area contributed by atoms with Gasteiger partial charge in [0.05, 0.1) is 5.41 Å². The Morgan fingerprint density at radius 2 is 1.03 bits per heavy atom. The fourth-order valence-electron chi connectivity index (χ4n) is 5.18. The van der Waals surface area contributed by atoms with Gasteiger partial charge in [-0.25, -0.2) is 0 Å². The molecule has 0 bridgehead atoms. The third kappa shape index (κ3) is 4.05. The van der Waals surface area contributed by atoms with Crippen LogP contribution in [0, 0.1) is 12.0 Å². The van der Waals surface area contributed by atoms with Crippen LogP contribution in [0.15, 0.2) is 127 Å². The van der Waals surface area contributed by atoms with E-state index in [1.165, 1.54) is 39.0 Å². The first kappa shape index (κ1) is 22.2. The molecule has 0 unspecified atom stereocenters. The van der Waals surface area contributed by atoms with Crippen molar-refractivity contribution in [2.45, 2.75) is 32.1 Å². The van der Waals surface area contributed by atoms with E-state index in [2.05, 4.69) is 141 Å². The Labute approximate surface area is 204 Å². The largest absolute Gasteiger partial charge is 0.0719 e. The second-order valence-electron chi connectivity index (χ2n) is 9.50. The molecule has 4 aromatic carbocycles. The zero-order chi connectivity index (χ0) is 23.4. The molecule has 0 fully saturated rings. The Balaban J connectivity index is 1.89. The molecule has 0 heteroatoms. The van der Waals surface area contributed by atoms with Crippen LogP contribution in [0.5, 0.6) is 0 Å². The summed E-state index contributed by atoms with van der Waals surface area (Å²) in [5, 5.41) is 0. The van der Waals surface area contributed by atoms with Crippen molar-refractivity contribution in [2.75, 3.05) is 0 Å². The van der Waals surface area contributed by atoms with Crippen LogP contribution in [-0.4, -0.2) is 0 Å². The normalized spacial score (nSPS) is 15.0. The van der Waals surface area contributed by atoms with Gasteiger partial charge in [-0.3, -0.25) is 0 Å². The van der Waals surface area contributed by atoms with Crippen LogP contribution in [-0.2, 0) is 5.41 Å². The molecule has 0 aliphatic heterocycles. The maximum Gasteiger partial charge on any atom is 0.0719 e. The summed E-state index contributed by atoms with van der Waals surface area (Å²) in [4.78, 5) is 0. The maximum atomic E-state index is 4.13. The molecule has 4 aromatic rings. The quantitative estimate of drug-likeness (QED) is 0.270. The lowest BCUT2D eigenvalue weighted by Gasteiger charge is -2.33. The van der Waals surface area contributed by atoms with Crippen LogP contribution in [0.1, 0.15) is 48.9 Å². The smallest absolute Gasteiger partial charge is 0.0628 e. The fraction of sp³-hybridized carbons (Fsp3) is 0.176. The third-order valence-electron chi connectivity index (χ3n) is 6.78. The van der Waals surface area contributed by atoms with E-state index in [0.717, 1.165) is 12.8 Å². The Morgan fingerprint density at radius 1 is 0.588 bits per heavy atom. The van der Waals surface area contributed by atoms with Gasteiger partial charge >= 0.3 is 0 Å². The molecule has 0 N–H and O–H groups in total. The average molecular weight is 440 g/mol. The summed E-state index contributed by atoms with van der Waals surface area (Å²) in [6.45, 7) is 4.61. The molecular weight excluding hydrogens is 408 g/mol. The van der Waals surface area contributed by atoms with Crippen molar-refractivity contribution in [1.29, 1.82) is 0 Å². The highest BCUT2D eigenvalue weighted by Gasteiger charge is 2.44. The first-order chi connectivity index (χ1) is 16.7. The van der Waals surface area contributed by atoms with Gasteiger partial charge in [-0.05, 0) is 63.8 Å². The molecular formula is C34H31. The number of hydrogen-bond donors (Lipinski definition) is 0. The molecule has 0 aromatic heterocycles. The lowest BCUT2D eigenvalue weighted by molar-refractivity contribution is 0.587. The van der Waals surface area contributed by atoms with Gasteiger partial charge in [0, 0.05) is 0 Å². The third-order valence-corrected chi connectivity index (χ3v) is 6.78. The summed E-state index contributed by atoms with van der Waals surface area (Å²) >= 11 is 0. The molecule has 1 aliphatic rings. The van der Waals surface area contributed by atoms with Gasteiger partial charge in [0.25, 0.3) is 0 Å². The van der Waals surface area contributed by atoms with Crippen molar-refractivity contribution in [3.05, 3.63) is 155 Å². The Morgan fingerprint density at radius 3 is 1.50 bits per heavy atom. The molecule has 1 radical (unpaired) electrons. The number of rotatable bonds is 7. The van der Waals surface area contributed by atoms with Crippen molar-refractivity contribution in [2.24, 2.45) is 5.92 Å². The van der Waals surface area contributed by atoms with Crippen LogP contribution in [0.3, 0.4) is 0 Å². The zero-order valence-electron chi connectivity index (χ0n) is 20.0. The SMILES string of the molecule is CC(C)CCC1=[C]C(c2ccccc2)(c2ccccc2)C(c2ccccc2)=C1c1ccccc1. The maximum absolute atomic E-state index is 4.13. The number of hydrogen-bond acceptors (Lipinski definition) is 0. The highest BCUT2D eigenvalue weighted by atomic mass is 14.5. The highest BCUT2D eigenvalue weighted by Crippen LogP contribution is 2.55. The predicted octanol–water partition coefficient (Wildman–Crippen LogP) is 8.76. The first-order valence-corrected chi connectivity index (χ1v) is 12.3. The van der Waals surface area contributed by atoms with Crippen molar-refractivity contribution < 1.29 is 0 Å². The monoisotopic (exact) mass is 439 g/mol. The van der Waals surface area contributed by atoms with Crippen LogP contribution < -0.4 is 0 Å². The second-order valence-corrected chi connectivity index (χ2v) is 9.50. The van der Waals surface area contributed by atoms with Gasteiger partial charge in [0.2, 0.25) is 0 Å². The molecule has 0 saturated carbocycles. The van der Waals surface area contributed by atoms with Gasteiger partial charge in [0.1, 0.15) is 0 Å². The average Bonchev–Trinajstić information content (AvgIpc) is 3.26. The van der Waals surface area contributed by atoms with Crippen LogP contribution in [0.4, 0.5) is 0 Å². The van der Waals surface area contributed by atoms with Gasteiger partial charge in [0.15, 0.2) is 0 Å². The van der Waals surface area contributed by atoms with Crippen molar-refractivity contribution in [3.8, 4) is 0 Å². The Hall–Kier alpha value is -3.64. The zero-order valence-corrected chi connectivity index (χ0v) is 20.0.